The number of aliphatic hydroxyl groups excluding tert-OH is 1. The summed E-state index contributed by atoms with van der Waals surface area (Å²) in [5.74, 6) is 2.57. The Morgan fingerprint density at radius 2 is 2.00 bits per heavy atom. The van der Waals surface area contributed by atoms with E-state index in [-0.39, 0.29) is 6.10 Å². The van der Waals surface area contributed by atoms with E-state index in [1.165, 1.54) is 35.1 Å². The molecule has 2 heterocycles. The second kappa shape index (κ2) is 7.20. The summed E-state index contributed by atoms with van der Waals surface area (Å²) in [6, 6.07) is 0.422. The molecule has 2 aliphatic carbocycles. The SMILES string of the molecule is CCCC1Cc2sc3ncnc(N[C@H]4CC[C@H](O)CC4)c3c2C[C@@H]1C. The summed E-state index contributed by atoms with van der Waals surface area (Å²) in [7, 11) is 0. The molecule has 0 aromatic carbocycles. The Balaban J connectivity index is 1.63. The van der Waals surface area contributed by atoms with E-state index in [4.69, 9.17) is 0 Å². The van der Waals surface area contributed by atoms with Gasteiger partial charge in [-0.25, -0.2) is 9.97 Å². The van der Waals surface area contributed by atoms with Crippen LogP contribution in [-0.4, -0.2) is 27.2 Å². The largest absolute Gasteiger partial charge is 0.393 e. The van der Waals surface area contributed by atoms with Gasteiger partial charge >= 0.3 is 0 Å². The van der Waals surface area contributed by atoms with Crippen molar-refractivity contribution in [3.63, 3.8) is 0 Å². The van der Waals surface area contributed by atoms with Crippen LogP contribution < -0.4 is 5.32 Å². The third-order valence-corrected chi connectivity index (χ3v) is 7.31. The fraction of sp³-hybridized carbons (Fsp3) is 0.700. The highest BCUT2D eigenvalue weighted by atomic mass is 32.1. The van der Waals surface area contributed by atoms with Crippen LogP contribution >= 0.6 is 11.3 Å². The first-order valence-electron chi connectivity index (χ1n) is 9.85. The zero-order valence-corrected chi connectivity index (χ0v) is 16.1. The van der Waals surface area contributed by atoms with Gasteiger partial charge in [-0.1, -0.05) is 26.7 Å². The van der Waals surface area contributed by atoms with Crippen molar-refractivity contribution in [2.45, 2.75) is 77.4 Å². The Bertz CT molecular complexity index is 736. The molecule has 2 N–H and O–H groups in total. The van der Waals surface area contributed by atoms with Gasteiger partial charge in [-0.15, -0.1) is 11.3 Å². The number of fused-ring (bicyclic) bond motifs is 3. The summed E-state index contributed by atoms with van der Waals surface area (Å²) < 4.78 is 0. The van der Waals surface area contributed by atoms with Gasteiger partial charge in [0.15, 0.2) is 0 Å². The maximum atomic E-state index is 9.74. The van der Waals surface area contributed by atoms with Crippen molar-refractivity contribution in [3.05, 3.63) is 16.8 Å². The van der Waals surface area contributed by atoms with Crippen molar-refractivity contribution in [2.75, 3.05) is 5.32 Å². The molecule has 0 spiro atoms. The molecule has 2 aromatic heterocycles. The van der Waals surface area contributed by atoms with Gasteiger partial charge in [0, 0.05) is 10.9 Å². The molecule has 0 aliphatic heterocycles. The van der Waals surface area contributed by atoms with E-state index in [0.717, 1.165) is 54.6 Å². The number of rotatable bonds is 4. The van der Waals surface area contributed by atoms with Crippen LogP contribution in [0.4, 0.5) is 5.82 Å². The molecule has 136 valence electrons. The van der Waals surface area contributed by atoms with Crippen molar-refractivity contribution in [2.24, 2.45) is 11.8 Å². The van der Waals surface area contributed by atoms with Gasteiger partial charge in [-0.2, -0.15) is 0 Å². The number of thiophene rings is 1. The smallest absolute Gasteiger partial charge is 0.138 e. The van der Waals surface area contributed by atoms with E-state index in [2.05, 4.69) is 29.1 Å². The number of aliphatic hydroxyl groups is 1. The highest BCUT2D eigenvalue weighted by Crippen LogP contribution is 2.43. The number of hydrogen-bond donors (Lipinski definition) is 2. The number of nitrogens with zero attached hydrogens (tertiary/aromatic N) is 2. The highest BCUT2D eigenvalue weighted by Gasteiger charge is 2.30. The summed E-state index contributed by atoms with van der Waals surface area (Å²) in [6.07, 6.45) is 10.4. The molecule has 4 nitrogen and oxygen atoms in total. The Kier molecular flexibility index (Phi) is 4.96. The predicted octanol–water partition coefficient (Wildman–Crippen LogP) is 4.56. The molecular weight excluding hydrogens is 330 g/mol. The van der Waals surface area contributed by atoms with Crippen molar-refractivity contribution in [1.82, 2.24) is 9.97 Å². The molecule has 0 bridgehead atoms. The van der Waals surface area contributed by atoms with Crippen LogP contribution in [0, 0.1) is 11.8 Å². The van der Waals surface area contributed by atoms with Crippen LogP contribution in [0.5, 0.6) is 0 Å². The van der Waals surface area contributed by atoms with Gasteiger partial charge in [0.05, 0.1) is 11.5 Å². The highest BCUT2D eigenvalue weighted by molar-refractivity contribution is 7.19. The number of nitrogens with one attached hydrogen (secondary N) is 1. The lowest BCUT2D eigenvalue weighted by molar-refractivity contribution is 0.126. The van der Waals surface area contributed by atoms with Gasteiger partial charge in [-0.3, -0.25) is 0 Å². The molecular formula is C20H29N3OS. The van der Waals surface area contributed by atoms with E-state index in [9.17, 15) is 5.11 Å². The Morgan fingerprint density at radius 3 is 2.76 bits per heavy atom. The van der Waals surface area contributed by atoms with Gasteiger partial charge in [0.2, 0.25) is 0 Å². The molecule has 4 rings (SSSR count). The molecule has 25 heavy (non-hydrogen) atoms. The second-order valence-corrected chi connectivity index (χ2v) is 9.07. The summed E-state index contributed by atoms with van der Waals surface area (Å²) in [4.78, 5) is 11.9. The predicted molar refractivity (Wildman–Crippen MR) is 104 cm³/mol. The van der Waals surface area contributed by atoms with Gasteiger partial charge in [0.1, 0.15) is 17.0 Å². The van der Waals surface area contributed by atoms with Crippen molar-refractivity contribution < 1.29 is 5.11 Å². The first-order valence-corrected chi connectivity index (χ1v) is 10.7. The standard InChI is InChI=1S/C20H29N3OS/c1-3-4-13-10-17-16(9-12(13)2)18-19(21-11-22-20(18)25-17)23-14-5-7-15(24)8-6-14/h11-15,24H,3-10H2,1-2H3,(H,21,22,23)/t12-,13?,14-,15-/m0/s1. The van der Waals surface area contributed by atoms with Crippen LogP contribution in [0.15, 0.2) is 6.33 Å². The lowest BCUT2D eigenvalue weighted by atomic mass is 9.77. The number of hydrogen-bond acceptors (Lipinski definition) is 5. The first-order chi connectivity index (χ1) is 12.2. The molecule has 2 aromatic rings. The Labute approximate surface area is 154 Å². The topological polar surface area (TPSA) is 58.0 Å². The second-order valence-electron chi connectivity index (χ2n) is 7.99. The molecule has 1 unspecified atom stereocenters. The summed E-state index contributed by atoms with van der Waals surface area (Å²) in [6.45, 7) is 4.70. The minimum absolute atomic E-state index is 0.117. The van der Waals surface area contributed by atoms with Crippen LogP contribution in [0.3, 0.4) is 0 Å². The molecule has 1 saturated carbocycles. The average molecular weight is 360 g/mol. The molecule has 2 aliphatic rings. The van der Waals surface area contributed by atoms with E-state index in [1.54, 1.807) is 6.33 Å². The maximum absolute atomic E-state index is 9.74. The molecule has 0 amide bonds. The third-order valence-electron chi connectivity index (χ3n) is 6.15. The maximum Gasteiger partial charge on any atom is 0.138 e. The lowest BCUT2D eigenvalue weighted by Crippen LogP contribution is -2.28. The van der Waals surface area contributed by atoms with E-state index >= 15 is 0 Å². The van der Waals surface area contributed by atoms with Crippen molar-refractivity contribution in [1.29, 1.82) is 0 Å². The minimum atomic E-state index is -0.117. The summed E-state index contributed by atoms with van der Waals surface area (Å²) in [5.41, 5.74) is 1.50. The van der Waals surface area contributed by atoms with Crippen LogP contribution in [0.2, 0.25) is 0 Å². The zero-order chi connectivity index (χ0) is 17.4. The van der Waals surface area contributed by atoms with Gasteiger partial charge < -0.3 is 10.4 Å². The monoisotopic (exact) mass is 359 g/mol. The van der Waals surface area contributed by atoms with Crippen molar-refractivity contribution in [3.8, 4) is 0 Å². The Hall–Kier alpha value is -1.20. The Morgan fingerprint density at radius 1 is 1.20 bits per heavy atom. The summed E-state index contributed by atoms with van der Waals surface area (Å²) >= 11 is 1.88. The number of aromatic nitrogens is 2. The summed E-state index contributed by atoms with van der Waals surface area (Å²) in [5, 5.41) is 14.7. The minimum Gasteiger partial charge on any atom is -0.393 e. The van der Waals surface area contributed by atoms with E-state index < -0.39 is 0 Å². The van der Waals surface area contributed by atoms with Gasteiger partial charge in [-0.05, 0) is 55.9 Å². The normalized spacial score (nSPS) is 29.6. The average Bonchev–Trinajstić information content (AvgIpc) is 2.96. The van der Waals surface area contributed by atoms with Crippen LogP contribution in [-0.2, 0) is 12.8 Å². The van der Waals surface area contributed by atoms with Crippen LogP contribution in [0.25, 0.3) is 10.2 Å². The molecule has 2 atom stereocenters. The lowest BCUT2D eigenvalue weighted by Gasteiger charge is -2.29. The first kappa shape index (κ1) is 17.2. The zero-order valence-electron chi connectivity index (χ0n) is 15.3. The molecule has 1 fully saturated rings. The van der Waals surface area contributed by atoms with Gasteiger partial charge in [0.25, 0.3) is 0 Å². The van der Waals surface area contributed by atoms with Crippen molar-refractivity contribution >= 4 is 27.4 Å². The molecule has 0 radical (unpaired) electrons. The fourth-order valence-electron chi connectivity index (χ4n) is 4.63. The number of anilines is 1. The van der Waals surface area contributed by atoms with E-state index in [1.807, 2.05) is 11.3 Å². The molecule has 5 heteroatoms. The van der Waals surface area contributed by atoms with Crippen LogP contribution in [0.1, 0.15) is 62.8 Å². The third kappa shape index (κ3) is 3.41. The molecule has 0 saturated heterocycles. The van der Waals surface area contributed by atoms with E-state index in [0.29, 0.717) is 6.04 Å². The fourth-order valence-corrected chi connectivity index (χ4v) is 5.89. The quantitative estimate of drug-likeness (QED) is 0.840.